The van der Waals surface area contributed by atoms with Gasteiger partial charge in [0.1, 0.15) is 28.9 Å². The number of nitrogens with zero attached hydrogens (tertiary/aromatic N) is 1. The third-order valence-electron chi connectivity index (χ3n) is 10.9. The predicted octanol–water partition coefficient (Wildman–Crippen LogP) is 14.1. The van der Waals surface area contributed by atoms with Crippen LogP contribution >= 0.6 is 0 Å². The van der Waals surface area contributed by atoms with Gasteiger partial charge in [0.2, 0.25) is 0 Å². The third-order valence-corrected chi connectivity index (χ3v) is 10.9. The quantitative estimate of drug-likeness (QED) is 0.131. The van der Waals surface area contributed by atoms with Crippen molar-refractivity contribution in [2.45, 2.75) is 6.61 Å². The monoisotopic (exact) mass is 722 g/mol. The number of para-hydroxylation sites is 1. The van der Waals surface area contributed by atoms with Crippen LogP contribution in [0.5, 0.6) is 5.75 Å². The molecule has 0 spiro atoms. The van der Waals surface area contributed by atoms with Crippen LogP contribution in [0.15, 0.2) is 191 Å². The van der Waals surface area contributed by atoms with Crippen molar-refractivity contribution in [3.8, 4) is 16.9 Å². The summed E-state index contributed by atoms with van der Waals surface area (Å²) < 4.78 is 19.5. The number of anilines is 4. The van der Waals surface area contributed by atoms with Crippen molar-refractivity contribution in [2.24, 2.45) is 0 Å². The van der Waals surface area contributed by atoms with Crippen LogP contribution in [0.3, 0.4) is 0 Å². The van der Waals surface area contributed by atoms with Crippen molar-refractivity contribution in [3.05, 3.63) is 188 Å². The topological polar surface area (TPSA) is 64.8 Å². The van der Waals surface area contributed by atoms with Gasteiger partial charge in [-0.15, -0.1) is 0 Å². The van der Waals surface area contributed by atoms with E-state index in [0.29, 0.717) is 18.0 Å². The minimum atomic E-state index is 0.410. The Morgan fingerprint density at radius 2 is 1.07 bits per heavy atom. The van der Waals surface area contributed by atoms with Crippen molar-refractivity contribution in [1.82, 2.24) is 0 Å². The summed E-state index contributed by atoms with van der Waals surface area (Å²) >= 11 is 0. The van der Waals surface area contributed by atoms with Gasteiger partial charge in [0.15, 0.2) is 5.75 Å². The van der Waals surface area contributed by atoms with Gasteiger partial charge in [-0.3, -0.25) is 0 Å². The summed E-state index contributed by atoms with van der Waals surface area (Å²) in [5, 5.41) is 8.48. The average molecular weight is 723 g/mol. The van der Waals surface area contributed by atoms with Crippen LogP contribution in [0.1, 0.15) is 5.56 Å². The van der Waals surface area contributed by atoms with Crippen molar-refractivity contribution >= 4 is 88.2 Å². The van der Waals surface area contributed by atoms with Gasteiger partial charge in [-0.1, -0.05) is 115 Å². The second kappa shape index (κ2) is 12.8. The summed E-state index contributed by atoms with van der Waals surface area (Å²) in [6.07, 6.45) is 0. The first-order valence-electron chi connectivity index (χ1n) is 18.8. The highest BCUT2D eigenvalue weighted by molar-refractivity contribution is 6.15. The number of hydrogen-bond donors (Lipinski definition) is 1. The predicted molar refractivity (Wildman–Crippen MR) is 231 cm³/mol. The zero-order valence-electron chi connectivity index (χ0n) is 30.3. The van der Waals surface area contributed by atoms with E-state index in [9.17, 15) is 0 Å². The van der Waals surface area contributed by atoms with E-state index in [1.807, 2.05) is 48.5 Å². The molecule has 5 nitrogen and oxygen atoms in total. The Hall–Kier alpha value is -7.50. The second-order valence-corrected chi connectivity index (χ2v) is 14.3. The molecule has 0 fully saturated rings. The van der Waals surface area contributed by atoms with Crippen LogP contribution in [0.25, 0.3) is 76.5 Å². The molecule has 0 aliphatic carbocycles. The zero-order valence-corrected chi connectivity index (χ0v) is 30.3. The molecule has 0 bridgehead atoms. The fourth-order valence-corrected chi connectivity index (χ4v) is 8.25. The maximum atomic E-state index is 6.69. The molecular weight excluding hydrogens is 689 g/mol. The summed E-state index contributed by atoms with van der Waals surface area (Å²) in [5.74, 6) is 0.684. The lowest BCUT2D eigenvalue weighted by Gasteiger charge is -2.26. The van der Waals surface area contributed by atoms with Gasteiger partial charge in [-0.25, -0.2) is 0 Å². The van der Waals surface area contributed by atoms with E-state index >= 15 is 0 Å². The number of nitrogen functional groups attached to an aromatic ring is 1. The summed E-state index contributed by atoms with van der Waals surface area (Å²) in [7, 11) is 0. The van der Waals surface area contributed by atoms with Crippen LogP contribution in [-0.4, -0.2) is 0 Å². The van der Waals surface area contributed by atoms with Crippen molar-refractivity contribution in [1.29, 1.82) is 0 Å². The van der Waals surface area contributed by atoms with E-state index in [2.05, 4.69) is 138 Å². The molecule has 9 aromatic carbocycles. The summed E-state index contributed by atoms with van der Waals surface area (Å²) in [5.41, 5.74) is 17.0. The molecule has 266 valence electrons. The minimum absolute atomic E-state index is 0.410. The highest BCUT2D eigenvalue weighted by atomic mass is 16.5. The standard InChI is InChI=1S/C51H34N2O3/c52-44-26-21-35-19-18-34-20-22-36(28-42(34)49(35)51(44)54-31-32-10-3-1-4-11-32)53(38-23-25-41-40-14-7-8-16-45(40)56-48(41)30-38)37-24-27-46-43(29-37)50-39(15-9-17-47(50)55-46)33-12-5-2-6-13-33/h1-30H,31,52H2. The van der Waals surface area contributed by atoms with Gasteiger partial charge < -0.3 is 24.2 Å². The number of fused-ring (bicyclic) bond motifs is 9. The van der Waals surface area contributed by atoms with Gasteiger partial charge in [0, 0.05) is 50.1 Å². The molecule has 2 N–H and O–H groups in total. The molecule has 0 amide bonds. The van der Waals surface area contributed by atoms with Gasteiger partial charge >= 0.3 is 0 Å². The Morgan fingerprint density at radius 1 is 0.446 bits per heavy atom. The van der Waals surface area contributed by atoms with E-state index in [-0.39, 0.29) is 0 Å². The van der Waals surface area contributed by atoms with E-state index < -0.39 is 0 Å². The van der Waals surface area contributed by atoms with Gasteiger partial charge in [-0.05, 0) is 93.5 Å². The maximum Gasteiger partial charge on any atom is 0.151 e. The molecule has 2 heterocycles. The van der Waals surface area contributed by atoms with E-state index in [1.54, 1.807) is 0 Å². The van der Waals surface area contributed by atoms with Crippen LogP contribution in [-0.2, 0) is 6.61 Å². The molecule has 0 saturated carbocycles. The molecule has 0 aliphatic rings. The van der Waals surface area contributed by atoms with Gasteiger partial charge in [-0.2, -0.15) is 0 Å². The molecule has 0 aliphatic heterocycles. The lowest BCUT2D eigenvalue weighted by Crippen LogP contribution is -2.10. The Labute approximate surface area is 322 Å². The number of rotatable bonds is 7. The highest BCUT2D eigenvalue weighted by Gasteiger charge is 2.20. The Bertz CT molecular complexity index is 3270. The van der Waals surface area contributed by atoms with E-state index in [4.69, 9.17) is 19.3 Å². The lowest BCUT2D eigenvalue weighted by atomic mass is 9.98. The van der Waals surface area contributed by atoms with Crippen molar-refractivity contribution < 1.29 is 13.6 Å². The molecule has 11 rings (SSSR count). The second-order valence-electron chi connectivity index (χ2n) is 14.3. The SMILES string of the molecule is Nc1ccc2ccc3ccc(N(c4ccc5c(c4)oc4ccccc45)c4ccc5oc6cccc(-c7ccccc7)c6c5c4)cc3c2c1OCc1ccccc1. The fraction of sp³-hybridized carbons (Fsp3) is 0.0196. The Morgan fingerprint density at radius 3 is 1.95 bits per heavy atom. The van der Waals surface area contributed by atoms with E-state index in [1.165, 1.54) is 0 Å². The number of hydrogen-bond acceptors (Lipinski definition) is 5. The molecule has 2 aromatic heterocycles. The number of ether oxygens (including phenoxy) is 1. The Balaban J connectivity index is 1.14. The Kier molecular flexibility index (Phi) is 7.32. The lowest BCUT2D eigenvalue weighted by molar-refractivity contribution is 0.312. The molecule has 11 aromatic rings. The average Bonchev–Trinajstić information content (AvgIpc) is 3.82. The van der Waals surface area contributed by atoms with Crippen molar-refractivity contribution in [3.63, 3.8) is 0 Å². The zero-order chi connectivity index (χ0) is 37.2. The minimum Gasteiger partial charge on any atom is -0.486 e. The normalized spacial score (nSPS) is 11.7. The van der Waals surface area contributed by atoms with Crippen LogP contribution in [0.4, 0.5) is 22.7 Å². The molecule has 56 heavy (non-hydrogen) atoms. The van der Waals surface area contributed by atoms with E-state index in [0.717, 1.165) is 99.2 Å². The van der Waals surface area contributed by atoms with Crippen LogP contribution in [0, 0.1) is 0 Å². The van der Waals surface area contributed by atoms with Gasteiger partial charge in [0.05, 0.1) is 5.69 Å². The molecule has 0 radical (unpaired) electrons. The first-order valence-corrected chi connectivity index (χ1v) is 18.8. The smallest absolute Gasteiger partial charge is 0.151 e. The first-order chi connectivity index (χ1) is 27.7. The molecule has 0 saturated heterocycles. The largest absolute Gasteiger partial charge is 0.486 e. The molecule has 5 heteroatoms. The highest BCUT2D eigenvalue weighted by Crippen LogP contribution is 2.45. The van der Waals surface area contributed by atoms with Crippen molar-refractivity contribution in [2.75, 3.05) is 10.6 Å². The third kappa shape index (κ3) is 5.24. The maximum absolute atomic E-state index is 6.69. The summed E-state index contributed by atoms with van der Waals surface area (Å²) in [6.45, 7) is 0.410. The number of furan rings is 2. The molecule has 0 atom stereocenters. The van der Waals surface area contributed by atoms with Gasteiger partial charge in [0.25, 0.3) is 0 Å². The fourth-order valence-electron chi connectivity index (χ4n) is 8.25. The molecule has 0 unspecified atom stereocenters. The van der Waals surface area contributed by atoms with Crippen LogP contribution in [0.2, 0.25) is 0 Å². The first kappa shape index (κ1) is 32.0. The molecular formula is C51H34N2O3. The summed E-state index contributed by atoms with van der Waals surface area (Å²) in [4.78, 5) is 2.30. The van der Waals surface area contributed by atoms with Crippen LogP contribution < -0.4 is 15.4 Å². The summed E-state index contributed by atoms with van der Waals surface area (Å²) in [6, 6.07) is 63.0. The number of nitrogens with two attached hydrogens (primary N) is 1. The number of benzene rings is 9.